The highest BCUT2D eigenvalue weighted by Gasteiger charge is 2.37. The van der Waals surface area contributed by atoms with Crippen molar-refractivity contribution in [3.8, 4) is 0 Å². The Hall–Kier alpha value is -0.0500. The topological polar surface area (TPSA) is 34.1 Å². The fourth-order valence-electron chi connectivity index (χ4n) is 2.11. The van der Waals surface area contributed by atoms with Gasteiger partial charge in [-0.3, -0.25) is 0 Å². The molecule has 1 fully saturated rings. The largest absolute Gasteiger partial charge is 0.229 e. The van der Waals surface area contributed by atoms with Gasteiger partial charge in [-0.2, -0.15) is 0 Å². The Labute approximate surface area is 75.3 Å². The van der Waals surface area contributed by atoms with E-state index in [2.05, 4.69) is 13.8 Å². The molecule has 2 nitrogen and oxygen atoms in total. The Balaban J connectivity index is 2.73. The van der Waals surface area contributed by atoms with Crippen LogP contribution in [-0.4, -0.2) is 19.4 Å². The molecule has 1 heterocycles. The molecule has 0 N–H and O–H groups in total. The molecule has 1 saturated heterocycles. The molecule has 1 aliphatic heterocycles. The summed E-state index contributed by atoms with van der Waals surface area (Å²) in [5.41, 5.74) is 0. The molecular weight excluding hydrogens is 172 g/mol. The van der Waals surface area contributed by atoms with Crippen LogP contribution in [0, 0.1) is 5.92 Å². The van der Waals surface area contributed by atoms with Gasteiger partial charge in [-0.25, -0.2) is 8.42 Å². The maximum Gasteiger partial charge on any atom is 0.153 e. The molecule has 1 aliphatic rings. The molecule has 0 bridgehead atoms. The van der Waals surface area contributed by atoms with Crippen molar-refractivity contribution in [3.05, 3.63) is 0 Å². The minimum absolute atomic E-state index is 0.0208. The molecule has 0 saturated carbocycles. The number of hydrogen-bond acceptors (Lipinski definition) is 2. The van der Waals surface area contributed by atoms with Crippen molar-refractivity contribution in [3.63, 3.8) is 0 Å². The van der Waals surface area contributed by atoms with E-state index < -0.39 is 9.84 Å². The zero-order chi connectivity index (χ0) is 9.19. The summed E-state index contributed by atoms with van der Waals surface area (Å²) in [5, 5.41) is -0.0208. The van der Waals surface area contributed by atoms with Crippen LogP contribution in [0.3, 0.4) is 0 Å². The Morgan fingerprint density at radius 2 is 2.00 bits per heavy atom. The van der Waals surface area contributed by atoms with Crippen LogP contribution in [0.4, 0.5) is 0 Å². The summed E-state index contributed by atoms with van der Waals surface area (Å²) in [5.74, 6) is 0.867. The van der Waals surface area contributed by atoms with E-state index >= 15 is 0 Å². The fourth-order valence-corrected chi connectivity index (χ4v) is 4.56. The van der Waals surface area contributed by atoms with E-state index in [1.54, 1.807) is 0 Å². The summed E-state index contributed by atoms with van der Waals surface area (Å²) >= 11 is 0. The molecule has 12 heavy (non-hydrogen) atoms. The van der Waals surface area contributed by atoms with Crippen molar-refractivity contribution in [1.29, 1.82) is 0 Å². The van der Waals surface area contributed by atoms with Gasteiger partial charge in [0.15, 0.2) is 9.84 Å². The lowest BCUT2D eigenvalue weighted by Crippen LogP contribution is -2.21. The van der Waals surface area contributed by atoms with E-state index in [-0.39, 0.29) is 5.25 Å². The first-order chi connectivity index (χ1) is 5.61. The van der Waals surface area contributed by atoms with E-state index in [0.29, 0.717) is 11.7 Å². The van der Waals surface area contributed by atoms with Crippen molar-refractivity contribution in [2.45, 2.75) is 44.8 Å². The third kappa shape index (κ3) is 1.82. The SMILES string of the molecule is CCCC1C(CC)CCS1(=O)=O. The van der Waals surface area contributed by atoms with Gasteiger partial charge in [0.2, 0.25) is 0 Å². The molecule has 2 unspecified atom stereocenters. The standard InChI is InChI=1S/C9H18O2S/c1-3-5-9-8(4-2)6-7-12(9,10)11/h8-9H,3-7H2,1-2H3. The molecular formula is C9H18O2S. The third-order valence-corrected chi connectivity index (χ3v) is 5.21. The summed E-state index contributed by atoms with van der Waals surface area (Å²) in [6.07, 6.45) is 3.76. The normalized spacial score (nSPS) is 33.8. The zero-order valence-electron chi connectivity index (χ0n) is 7.91. The van der Waals surface area contributed by atoms with Crippen molar-refractivity contribution >= 4 is 9.84 Å². The molecule has 0 aromatic heterocycles. The van der Waals surface area contributed by atoms with Crippen molar-refractivity contribution in [2.24, 2.45) is 5.92 Å². The van der Waals surface area contributed by atoms with Gasteiger partial charge in [-0.15, -0.1) is 0 Å². The van der Waals surface area contributed by atoms with Gasteiger partial charge in [-0.1, -0.05) is 26.7 Å². The molecule has 0 radical (unpaired) electrons. The molecule has 2 atom stereocenters. The number of hydrogen-bond donors (Lipinski definition) is 0. The average Bonchev–Trinajstić information content (AvgIpc) is 2.29. The van der Waals surface area contributed by atoms with Gasteiger partial charge in [0.25, 0.3) is 0 Å². The molecule has 0 spiro atoms. The highest BCUT2D eigenvalue weighted by Crippen LogP contribution is 2.32. The van der Waals surface area contributed by atoms with Crippen LogP contribution in [0.5, 0.6) is 0 Å². The van der Waals surface area contributed by atoms with E-state index in [1.165, 1.54) is 0 Å². The van der Waals surface area contributed by atoms with Gasteiger partial charge in [-0.05, 0) is 18.8 Å². The van der Waals surface area contributed by atoms with Gasteiger partial charge in [0, 0.05) is 0 Å². The first-order valence-corrected chi connectivity index (χ1v) is 6.55. The highest BCUT2D eigenvalue weighted by molar-refractivity contribution is 7.92. The fraction of sp³-hybridized carbons (Fsp3) is 1.00. The predicted molar refractivity (Wildman–Crippen MR) is 50.9 cm³/mol. The summed E-state index contributed by atoms with van der Waals surface area (Å²) in [4.78, 5) is 0. The van der Waals surface area contributed by atoms with Crippen molar-refractivity contribution in [2.75, 3.05) is 5.75 Å². The second-order valence-corrected chi connectivity index (χ2v) is 5.99. The zero-order valence-corrected chi connectivity index (χ0v) is 8.73. The first kappa shape index (κ1) is 10.0. The Morgan fingerprint density at radius 3 is 2.50 bits per heavy atom. The maximum absolute atomic E-state index is 11.5. The van der Waals surface area contributed by atoms with Gasteiger partial charge in [0.1, 0.15) is 0 Å². The summed E-state index contributed by atoms with van der Waals surface area (Å²) in [6.45, 7) is 4.15. The Morgan fingerprint density at radius 1 is 1.33 bits per heavy atom. The smallest absolute Gasteiger partial charge is 0.153 e. The lowest BCUT2D eigenvalue weighted by Gasteiger charge is -2.15. The molecule has 1 rings (SSSR count). The Bertz CT molecular complexity index is 231. The number of sulfone groups is 1. The second kappa shape index (κ2) is 3.77. The average molecular weight is 190 g/mol. The summed E-state index contributed by atoms with van der Waals surface area (Å²) in [6, 6.07) is 0. The van der Waals surface area contributed by atoms with Crippen LogP contribution in [0.25, 0.3) is 0 Å². The number of rotatable bonds is 3. The van der Waals surface area contributed by atoms with E-state index in [1.807, 2.05) is 0 Å². The monoisotopic (exact) mass is 190 g/mol. The second-order valence-electron chi connectivity index (χ2n) is 3.65. The first-order valence-electron chi connectivity index (χ1n) is 4.83. The van der Waals surface area contributed by atoms with E-state index in [9.17, 15) is 8.42 Å². The molecule has 3 heteroatoms. The predicted octanol–water partition coefficient (Wildman–Crippen LogP) is 2.00. The van der Waals surface area contributed by atoms with Gasteiger partial charge < -0.3 is 0 Å². The summed E-state index contributed by atoms with van der Waals surface area (Å²) in [7, 11) is -2.71. The van der Waals surface area contributed by atoms with Gasteiger partial charge in [0.05, 0.1) is 11.0 Å². The molecule has 0 aromatic carbocycles. The molecule has 0 amide bonds. The van der Waals surface area contributed by atoms with Crippen LogP contribution in [0.15, 0.2) is 0 Å². The van der Waals surface area contributed by atoms with Crippen molar-refractivity contribution in [1.82, 2.24) is 0 Å². The molecule has 0 aliphatic carbocycles. The van der Waals surface area contributed by atoms with Crippen LogP contribution in [-0.2, 0) is 9.84 Å². The lowest BCUT2D eigenvalue weighted by atomic mass is 9.97. The van der Waals surface area contributed by atoms with Crippen LogP contribution >= 0.6 is 0 Å². The van der Waals surface area contributed by atoms with E-state index in [0.717, 1.165) is 25.7 Å². The summed E-state index contributed by atoms with van der Waals surface area (Å²) < 4.78 is 23.0. The minimum Gasteiger partial charge on any atom is -0.229 e. The van der Waals surface area contributed by atoms with E-state index in [4.69, 9.17) is 0 Å². The third-order valence-electron chi connectivity index (χ3n) is 2.86. The lowest BCUT2D eigenvalue weighted by molar-refractivity contribution is 0.465. The van der Waals surface area contributed by atoms with Crippen LogP contribution < -0.4 is 0 Å². The highest BCUT2D eigenvalue weighted by atomic mass is 32.2. The minimum atomic E-state index is -2.71. The van der Waals surface area contributed by atoms with Crippen LogP contribution in [0.1, 0.15) is 39.5 Å². The quantitative estimate of drug-likeness (QED) is 0.682. The van der Waals surface area contributed by atoms with Gasteiger partial charge >= 0.3 is 0 Å². The maximum atomic E-state index is 11.5. The van der Waals surface area contributed by atoms with Crippen LogP contribution in [0.2, 0.25) is 0 Å². The molecule has 72 valence electrons. The molecule has 0 aromatic rings. The van der Waals surface area contributed by atoms with Crippen molar-refractivity contribution < 1.29 is 8.42 Å². The Kier molecular flexibility index (Phi) is 3.16.